The molecule has 0 aliphatic carbocycles. The minimum atomic E-state index is -0.897. The standard InChI is InChI=1S/C18H21N3O7S/c1-5-20(11(3)22)18-19-12(10-29-18)9-28-17(23)13-7-15(26-4)16(27-6-2)8-14(13)21(24)25/h7-8,10H,5-6,9H2,1-4H3. The number of rotatable bonds is 9. The van der Waals surface area contributed by atoms with Gasteiger partial charge in [-0.25, -0.2) is 9.78 Å². The van der Waals surface area contributed by atoms with Crippen molar-refractivity contribution in [3.8, 4) is 11.5 Å². The molecule has 0 aliphatic rings. The van der Waals surface area contributed by atoms with Gasteiger partial charge in [0.25, 0.3) is 5.69 Å². The van der Waals surface area contributed by atoms with Gasteiger partial charge in [0.15, 0.2) is 16.6 Å². The Bertz CT molecular complexity index is 913. The van der Waals surface area contributed by atoms with Gasteiger partial charge < -0.3 is 14.2 Å². The van der Waals surface area contributed by atoms with Gasteiger partial charge in [-0.3, -0.25) is 19.8 Å². The fourth-order valence-electron chi connectivity index (χ4n) is 2.49. The van der Waals surface area contributed by atoms with Crippen LogP contribution in [0.4, 0.5) is 10.8 Å². The number of hydrogen-bond acceptors (Lipinski definition) is 9. The Morgan fingerprint density at radius 2 is 2.00 bits per heavy atom. The highest BCUT2D eigenvalue weighted by atomic mass is 32.1. The minimum absolute atomic E-state index is 0.150. The van der Waals surface area contributed by atoms with E-state index in [1.54, 1.807) is 12.3 Å². The van der Waals surface area contributed by atoms with E-state index in [4.69, 9.17) is 14.2 Å². The van der Waals surface area contributed by atoms with E-state index < -0.39 is 16.6 Å². The molecule has 0 saturated carbocycles. The van der Waals surface area contributed by atoms with Crippen molar-refractivity contribution in [2.24, 2.45) is 0 Å². The number of amides is 1. The maximum atomic E-state index is 12.5. The summed E-state index contributed by atoms with van der Waals surface area (Å²) in [7, 11) is 1.37. The quantitative estimate of drug-likeness (QED) is 0.342. The van der Waals surface area contributed by atoms with Gasteiger partial charge in [0.1, 0.15) is 12.2 Å². The van der Waals surface area contributed by atoms with Crippen LogP contribution in [-0.4, -0.2) is 42.0 Å². The Balaban J connectivity index is 2.21. The van der Waals surface area contributed by atoms with Crippen LogP contribution in [0, 0.1) is 10.1 Å². The van der Waals surface area contributed by atoms with Crippen LogP contribution in [0.5, 0.6) is 11.5 Å². The van der Waals surface area contributed by atoms with Crippen molar-refractivity contribution < 1.29 is 28.7 Å². The number of nitro groups is 1. The molecule has 2 rings (SSSR count). The first-order valence-corrected chi connectivity index (χ1v) is 9.59. The molecule has 0 spiro atoms. The number of nitro benzene ring substituents is 1. The summed E-state index contributed by atoms with van der Waals surface area (Å²) in [5.74, 6) is -0.708. The van der Waals surface area contributed by atoms with Gasteiger partial charge in [-0.15, -0.1) is 11.3 Å². The molecule has 11 heteroatoms. The van der Waals surface area contributed by atoms with Crippen molar-refractivity contribution in [2.45, 2.75) is 27.4 Å². The fraction of sp³-hybridized carbons (Fsp3) is 0.389. The van der Waals surface area contributed by atoms with Crippen LogP contribution in [0.1, 0.15) is 36.8 Å². The number of thiazole rings is 1. The molecule has 0 unspecified atom stereocenters. The lowest BCUT2D eigenvalue weighted by Crippen LogP contribution is -2.27. The zero-order chi connectivity index (χ0) is 21.6. The van der Waals surface area contributed by atoms with Gasteiger partial charge in [0.05, 0.1) is 30.4 Å². The third-order valence-electron chi connectivity index (χ3n) is 3.82. The maximum absolute atomic E-state index is 12.5. The second kappa shape index (κ2) is 9.82. The van der Waals surface area contributed by atoms with Crippen LogP contribution in [0.25, 0.3) is 0 Å². The van der Waals surface area contributed by atoms with E-state index in [0.29, 0.717) is 17.4 Å². The number of hydrogen-bond donors (Lipinski definition) is 0. The molecule has 0 bridgehead atoms. The van der Waals surface area contributed by atoms with Gasteiger partial charge in [-0.2, -0.15) is 0 Å². The molecular formula is C18H21N3O7S. The highest BCUT2D eigenvalue weighted by Crippen LogP contribution is 2.35. The first kappa shape index (κ1) is 22.1. The van der Waals surface area contributed by atoms with Crippen LogP contribution >= 0.6 is 11.3 Å². The summed E-state index contributed by atoms with van der Waals surface area (Å²) in [6.07, 6.45) is 0. The summed E-state index contributed by atoms with van der Waals surface area (Å²) in [4.78, 5) is 40.5. The van der Waals surface area contributed by atoms with Crippen LogP contribution in [-0.2, 0) is 16.1 Å². The molecule has 2 aromatic rings. The van der Waals surface area contributed by atoms with Gasteiger partial charge >= 0.3 is 5.97 Å². The van der Waals surface area contributed by atoms with Gasteiger partial charge in [-0.1, -0.05) is 0 Å². The summed E-state index contributed by atoms with van der Waals surface area (Å²) in [6, 6.07) is 2.35. The highest BCUT2D eigenvalue weighted by Gasteiger charge is 2.26. The van der Waals surface area contributed by atoms with Crippen molar-refractivity contribution in [3.63, 3.8) is 0 Å². The molecule has 1 aromatic heterocycles. The Hall–Kier alpha value is -3.21. The predicted molar refractivity (Wildman–Crippen MR) is 106 cm³/mol. The maximum Gasteiger partial charge on any atom is 0.345 e. The molecule has 1 amide bonds. The third-order valence-corrected chi connectivity index (χ3v) is 4.73. The van der Waals surface area contributed by atoms with E-state index in [0.717, 1.165) is 6.07 Å². The molecule has 0 atom stereocenters. The SMILES string of the molecule is CCOc1cc([N+](=O)[O-])c(C(=O)OCc2csc(N(CC)C(C)=O)n2)cc1OC. The van der Waals surface area contributed by atoms with Crippen molar-refractivity contribution in [3.05, 3.63) is 38.9 Å². The number of benzene rings is 1. The molecule has 29 heavy (non-hydrogen) atoms. The molecule has 0 fully saturated rings. The number of aromatic nitrogens is 1. The summed E-state index contributed by atoms with van der Waals surface area (Å²) >= 11 is 1.24. The summed E-state index contributed by atoms with van der Waals surface area (Å²) in [5.41, 5.74) is -0.282. The third kappa shape index (κ3) is 5.19. The summed E-state index contributed by atoms with van der Waals surface area (Å²) < 4.78 is 15.7. The molecule has 156 valence electrons. The average molecular weight is 423 g/mol. The second-order valence-electron chi connectivity index (χ2n) is 5.67. The smallest absolute Gasteiger partial charge is 0.345 e. The lowest BCUT2D eigenvalue weighted by Gasteiger charge is -2.14. The molecule has 10 nitrogen and oxygen atoms in total. The van der Waals surface area contributed by atoms with E-state index in [2.05, 4.69) is 4.98 Å². The Kier molecular flexibility index (Phi) is 7.48. The Labute approximate surface area is 171 Å². The molecular weight excluding hydrogens is 402 g/mol. The number of anilines is 1. The molecule has 1 heterocycles. The number of nitrogens with zero attached hydrogens (tertiary/aromatic N) is 3. The zero-order valence-corrected chi connectivity index (χ0v) is 17.3. The van der Waals surface area contributed by atoms with Crippen molar-refractivity contribution in [2.75, 3.05) is 25.2 Å². The minimum Gasteiger partial charge on any atom is -0.493 e. The van der Waals surface area contributed by atoms with Gasteiger partial charge in [0.2, 0.25) is 5.91 Å². The van der Waals surface area contributed by atoms with Gasteiger partial charge in [0, 0.05) is 24.9 Å². The normalized spacial score (nSPS) is 10.3. The molecule has 0 N–H and O–H groups in total. The fourth-order valence-corrected chi connectivity index (χ4v) is 3.41. The lowest BCUT2D eigenvalue weighted by atomic mass is 10.1. The lowest BCUT2D eigenvalue weighted by molar-refractivity contribution is -0.385. The number of carbonyl (C=O) groups excluding carboxylic acids is 2. The molecule has 0 aliphatic heterocycles. The Morgan fingerprint density at radius 3 is 2.55 bits per heavy atom. The zero-order valence-electron chi connectivity index (χ0n) is 16.5. The summed E-state index contributed by atoms with van der Waals surface area (Å²) in [6.45, 7) is 5.52. The van der Waals surface area contributed by atoms with E-state index in [9.17, 15) is 19.7 Å². The van der Waals surface area contributed by atoms with Crippen molar-refractivity contribution in [1.29, 1.82) is 0 Å². The average Bonchev–Trinajstić information content (AvgIpc) is 3.14. The largest absolute Gasteiger partial charge is 0.493 e. The number of methoxy groups -OCH3 is 1. The van der Waals surface area contributed by atoms with E-state index >= 15 is 0 Å². The highest BCUT2D eigenvalue weighted by molar-refractivity contribution is 7.14. The topological polar surface area (TPSA) is 121 Å². The second-order valence-corrected chi connectivity index (χ2v) is 6.51. The van der Waals surface area contributed by atoms with Crippen molar-refractivity contribution >= 4 is 34.0 Å². The van der Waals surface area contributed by atoms with Crippen molar-refractivity contribution in [1.82, 2.24) is 4.98 Å². The van der Waals surface area contributed by atoms with Crippen LogP contribution in [0.3, 0.4) is 0 Å². The van der Waals surface area contributed by atoms with E-state index in [1.807, 2.05) is 6.92 Å². The number of carbonyl (C=O) groups is 2. The molecule has 1 aromatic carbocycles. The first-order chi connectivity index (χ1) is 13.8. The summed E-state index contributed by atoms with van der Waals surface area (Å²) in [5, 5.41) is 13.5. The number of esters is 1. The first-order valence-electron chi connectivity index (χ1n) is 8.71. The molecule has 0 radical (unpaired) electrons. The predicted octanol–water partition coefficient (Wildman–Crippen LogP) is 3.19. The van der Waals surface area contributed by atoms with Crippen LogP contribution in [0.15, 0.2) is 17.5 Å². The van der Waals surface area contributed by atoms with Crippen LogP contribution in [0.2, 0.25) is 0 Å². The van der Waals surface area contributed by atoms with E-state index in [-0.39, 0.29) is 36.2 Å². The Morgan fingerprint density at radius 1 is 1.28 bits per heavy atom. The van der Waals surface area contributed by atoms with Gasteiger partial charge in [-0.05, 0) is 13.8 Å². The van der Waals surface area contributed by atoms with Crippen LogP contribution < -0.4 is 14.4 Å². The van der Waals surface area contributed by atoms with E-state index in [1.165, 1.54) is 36.3 Å². The monoisotopic (exact) mass is 423 g/mol. The number of ether oxygens (including phenoxy) is 3. The molecule has 0 saturated heterocycles.